The van der Waals surface area contributed by atoms with E-state index >= 15 is 0 Å². The number of methoxy groups -OCH3 is 1. The van der Waals surface area contributed by atoms with Crippen molar-refractivity contribution in [1.29, 1.82) is 0 Å². The topological polar surface area (TPSA) is 75.6 Å². The highest BCUT2D eigenvalue weighted by molar-refractivity contribution is 5.87. The van der Waals surface area contributed by atoms with Gasteiger partial charge in [0.25, 0.3) is 0 Å². The number of ether oxygens (including phenoxy) is 1. The fourth-order valence-corrected chi connectivity index (χ4v) is 1.62. The summed E-state index contributed by atoms with van der Waals surface area (Å²) in [6.45, 7) is 1.19. The number of hydrogen-bond donors (Lipinski definition) is 2. The molecule has 0 aromatic heterocycles. The van der Waals surface area contributed by atoms with Crippen molar-refractivity contribution in [1.82, 2.24) is 5.32 Å². The van der Waals surface area contributed by atoms with Crippen LogP contribution in [0.4, 0.5) is 4.39 Å². The highest BCUT2D eigenvalue weighted by Crippen LogP contribution is 2.08. The fourth-order valence-electron chi connectivity index (χ4n) is 1.62. The van der Waals surface area contributed by atoms with E-state index in [2.05, 4.69) is 5.32 Å². The molecule has 19 heavy (non-hydrogen) atoms. The zero-order chi connectivity index (χ0) is 14.5. The zero-order valence-electron chi connectivity index (χ0n) is 10.8. The number of carbonyl (C=O) groups is 2. The number of carboxylic acids is 1. The van der Waals surface area contributed by atoms with Gasteiger partial charge < -0.3 is 15.2 Å². The molecule has 0 saturated heterocycles. The number of hydrogen-bond acceptors (Lipinski definition) is 3. The van der Waals surface area contributed by atoms with Crippen molar-refractivity contribution in [3.8, 4) is 0 Å². The molecule has 0 fully saturated rings. The summed E-state index contributed by atoms with van der Waals surface area (Å²) in [7, 11) is 1.35. The second-order valence-corrected chi connectivity index (χ2v) is 4.43. The molecule has 0 aliphatic carbocycles. The summed E-state index contributed by atoms with van der Waals surface area (Å²) >= 11 is 0. The second-order valence-electron chi connectivity index (χ2n) is 4.43. The quantitative estimate of drug-likeness (QED) is 0.807. The molecular formula is C13H16FNO4. The standard InChI is InChI=1S/C13H16FNO4/c1-13(8-19-2,12(17)18)15-11(16)7-9-4-3-5-10(14)6-9/h3-6H,7-8H2,1-2H3,(H,15,16)(H,17,18). The van der Waals surface area contributed by atoms with Gasteiger partial charge in [-0.05, 0) is 24.6 Å². The number of nitrogens with one attached hydrogen (secondary N) is 1. The molecule has 2 N–H and O–H groups in total. The van der Waals surface area contributed by atoms with Gasteiger partial charge in [0.2, 0.25) is 5.91 Å². The molecule has 1 aromatic carbocycles. The van der Waals surface area contributed by atoms with Crippen LogP contribution in [0, 0.1) is 5.82 Å². The molecule has 104 valence electrons. The molecule has 1 aromatic rings. The van der Waals surface area contributed by atoms with Crippen molar-refractivity contribution >= 4 is 11.9 Å². The molecule has 1 unspecified atom stereocenters. The average Bonchev–Trinajstić information content (AvgIpc) is 2.28. The van der Waals surface area contributed by atoms with Gasteiger partial charge in [-0.1, -0.05) is 12.1 Å². The summed E-state index contributed by atoms with van der Waals surface area (Å²) in [5.74, 6) is -2.14. The Morgan fingerprint density at radius 2 is 2.16 bits per heavy atom. The van der Waals surface area contributed by atoms with Crippen LogP contribution in [0.1, 0.15) is 12.5 Å². The third-order valence-corrected chi connectivity index (χ3v) is 2.57. The van der Waals surface area contributed by atoms with Gasteiger partial charge in [0.15, 0.2) is 5.54 Å². The van der Waals surface area contributed by atoms with E-state index in [0.717, 1.165) is 0 Å². The Morgan fingerprint density at radius 3 is 2.68 bits per heavy atom. The monoisotopic (exact) mass is 269 g/mol. The molecule has 1 amide bonds. The Morgan fingerprint density at radius 1 is 1.47 bits per heavy atom. The molecule has 6 heteroatoms. The molecule has 0 bridgehead atoms. The molecule has 0 spiro atoms. The number of amides is 1. The van der Waals surface area contributed by atoms with Crippen LogP contribution in [0.2, 0.25) is 0 Å². The highest BCUT2D eigenvalue weighted by atomic mass is 19.1. The number of aliphatic carboxylic acids is 1. The molecule has 0 saturated carbocycles. The number of carbonyl (C=O) groups excluding carboxylic acids is 1. The number of carboxylic acid groups (broad SMARTS) is 1. The Balaban J connectivity index is 2.71. The van der Waals surface area contributed by atoms with Gasteiger partial charge in [-0.2, -0.15) is 0 Å². The molecular weight excluding hydrogens is 253 g/mol. The predicted molar refractivity (Wildman–Crippen MR) is 66.2 cm³/mol. The van der Waals surface area contributed by atoms with Crippen molar-refractivity contribution in [2.24, 2.45) is 0 Å². The van der Waals surface area contributed by atoms with E-state index < -0.39 is 23.2 Å². The normalized spacial score (nSPS) is 13.6. The van der Waals surface area contributed by atoms with Crippen molar-refractivity contribution in [3.63, 3.8) is 0 Å². The number of halogens is 1. The zero-order valence-corrected chi connectivity index (χ0v) is 10.8. The Hall–Kier alpha value is -1.95. The summed E-state index contributed by atoms with van der Waals surface area (Å²) in [5, 5.41) is 11.4. The molecule has 0 radical (unpaired) electrons. The van der Waals surface area contributed by atoms with Gasteiger partial charge in [0, 0.05) is 7.11 Å². The van der Waals surface area contributed by atoms with Crippen molar-refractivity contribution in [2.45, 2.75) is 18.9 Å². The minimum absolute atomic E-state index is 0.0929. The third-order valence-electron chi connectivity index (χ3n) is 2.57. The van der Waals surface area contributed by atoms with Crippen LogP contribution < -0.4 is 5.32 Å². The third kappa shape index (κ3) is 4.33. The largest absolute Gasteiger partial charge is 0.479 e. The minimum Gasteiger partial charge on any atom is -0.479 e. The fraction of sp³-hybridized carbons (Fsp3) is 0.385. The summed E-state index contributed by atoms with van der Waals surface area (Å²) in [5.41, 5.74) is -1.03. The van der Waals surface area contributed by atoms with Crippen molar-refractivity contribution < 1.29 is 23.8 Å². The van der Waals surface area contributed by atoms with Gasteiger partial charge in [0.05, 0.1) is 13.0 Å². The van der Waals surface area contributed by atoms with Gasteiger partial charge in [-0.3, -0.25) is 4.79 Å². The second kappa shape index (κ2) is 6.29. The van der Waals surface area contributed by atoms with E-state index in [1.807, 2.05) is 0 Å². The SMILES string of the molecule is COCC(C)(NC(=O)Cc1cccc(F)c1)C(=O)O. The Labute approximate surface area is 110 Å². The Kier molecular flexibility index (Phi) is 5.00. The van der Waals surface area contributed by atoms with Crippen LogP contribution in [0.25, 0.3) is 0 Å². The van der Waals surface area contributed by atoms with Crippen LogP contribution in [-0.4, -0.2) is 36.2 Å². The van der Waals surface area contributed by atoms with E-state index in [0.29, 0.717) is 5.56 Å². The van der Waals surface area contributed by atoms with Crippen molar-refractivity contribution in [3.05, 3.63) is 35.6 Å². The molecule has 0 heterocycles. The lowest BCUT2D eigenvalue weighted by molar-refractivity contribution is -0.149. The first-order chi connectivity index (χ1) is 8.87. The molecule has 1 rings (SSSR count). The maximum atomic E-state index is 13.0. The predicted octanol–water partition coefficient (Wildman–Crippen LogP) is 0.974. The summed E-state index contributed by atoms with van der Waals surface area (Å²) in [4.78, 5) is 22.9. The lowest BCUT2D eigenvalue weighted by Crippen LogP contribution is -2.55. The van der Waals surface area contributed by atoms with Crippen molar-refractivity contribution in [2.75, 3.05) is 13.7 Å². The lowest BCUT2D eigenvalue weighted by atomic mass is 10.0. The Bertz CT molecular complexity index is 477. The van der Waals surface area contributed by atoms with Gasteiger partial charge in [-0.15, -0.1) is 0 Å². The summed E-state index contributed by atoms with van der Waals surface area (Å²) in [6, 6.07) is 5.59. The molecule has 1 atom stereocenters. The molecule has 0 aliphatic rings. The first-order valence-corrected chi connectivity index (χ1v) is 5.65. The van der Waals surface area contributed by atoms with E-state index in [4.69, 9.17) is 9.84 Å². The maximum absolute atomic E-state index is 13.0. The minimum atomic E-state index is -1.50. The number of benzene rings is 1. The molecule has 5 nitrogen and oxygen atoms in total. The highest BCUT2D eigenvalue weighted by Gasteiger charge is 2.34. The summed E-state index contributed by atoms with van der Waals surface area (Å²) < 4.78 is 17.7. The summed E-state index contributed by atoms with van der Waals surface area (Å²) in [6.07, 6.45) is -0.0929. The lowest BCUT2D eigenvalue weighted by Gasteiger charge is -2.25. The number of rotatable bonds is 6. The van der Waals surface area contributed by atoms with Crippen LogP contribution in [0.3, 0.4) is 0 Å². The first-order valence-electron chi connectivity index (χ1n) is 5.65. The smallest absolute Gasteiger partial charge is 0.331 e. The van der Waals surface area contributed by atoms with Crippen LogP contribution >= 0.6 is 0 Å². The van der Waals surface area contributed by atoms with Gasteiger partial charge in [0.1, 0.15) is 5.82 Å². The van der Waals surface area contributed by atoms with E-state index in [1.165, 1.54) is 32.2 Å². The van der Waals surface area contributed by atoms with Crippen LogP contribution in [0.15, 0.2) is 24.3 Å². The van der Waals surface area contributed by atoms with E-state index in [9.17, 15) is 14.0 Å². The average molecular weight is 269 g/mol. The van der Waals surface area contributed by atoms with Crippen LogP contribution in [-0.2, 0) is 20.7 Å². The van der Waals surface area contributed by atoms with E-state index in [1.54, 1.807) is 6.07 Å². The van der Waals surface area contributed by atoms with E-state index in [-0.39, 0.29) is 13.0 Å². The van der Waals surface area contributed by atoms with Gasteiger partial charge in [-0.25, -0.2) is 9.18 Å². The van der Waals surface area contributed by atoms with Crippen LogP contribution in [0.5, 0.6) is 0 Å². The van der Waals surface area contributed by atoms with Gasteiger partial charge >= 0.3 is 5.97 Å². The molecule has 0 aliphatic heterocycles. The first kappa shape index (κ1) is 15.1. The maximum Gasteiger partial charge on any atom is 0.331 e.